The largest absolute Gasteiger partial charge is 0.106 e. The molecule has 0 aliphatic carbocycles. The molecule has 2 heteroatoms. The van der Waals surface area contributed by atoms with Crippen molar-refractivity contribution >= 4 is 23.2 Å². The van der Waals surface area contributed by atoms with E-state index in [1.165, 1.54) is 0 Å². The Bertz CT molecular complexity index is 118. The van der Waals surface area contributed by atoms with Gasteiger partial charge in [0.05, 0.1) is 0 Å². The van der Waals surface area contributed by atoms with Gasteiger partial charge in [0, 0.05) is 0 Å². The summed E-state index contributed by atoms with van der Waals surface area (Å²) in [6.45, 7) is 3.46. The number of hydrogen-bond donors (Lipinski definition) is 0. The van der Waals surface area contributed by atoms with Crippen molar-refractivity contribution in [1.82, 2.24) is 0 Å². The van der Waals surface area contributed by atoms with Crippen molar-refractivity contribution in [2.24, 2.45) is 0 Å². The zero-order valence-electron chi connectivity index (χ0n) is 4.27. The van der Waals surface area contributed by atoms with E-state index in [0.717, 1.165) is 0 Å². The standard InChI is InChI=1S/C6H6Cl2/c1-2-3-4-5-6(7)8/h2-5H,1H2. The third kappa shape index (κ3) is 5.80. The van der Waals surface area contributed by atoms with Gasteiger partial charge in [-0.25, -0.2) is 0 Å². The molecule has 0 heterocycles. The van der Waals surface area contributed by atoms with Crippen molar-refractivity contribution in [3.8, 4) is 0 Å². The summed E-state index contributed by atoms with van der Waals surface area (Å²) in [5, 5.41) is 0. The van der Waals surface area contributed by atoms with Crippen molar-refractivity contribution in [3.63, 3.8) is 0 Å². The van der Waals surface area contributed by atoms with Crippen LogP contribution in [-0.4, -0.2) is 0 Å². The molecule has 0 rings (SSSR count). The van der Waals surface area contributed by atoms with Gasteiger partial charge in [0.25, 0.3) is 0 Å². The highest BCUT2D eigenvalue weighted by Gasteiger charge is 1.72. The minimum absolute atomic E-state index is 0.253. The number of allylic oxidation sites excluding steroid dienone is 4. The van der Waals surface area contributed by atoms with E-state index >= 15 is 0 Å². The lowest BCUT2D eigenvalue weighted by atomic mass is 10.5. The van der Waals surface area contributed by atoms with E-state index in [-0.39, 0.29) is 4.49 Å². The third-order valence-corrected chi connectivity index (χ3v) is 0.721. The van der Waals surface area contributed by atoms with Gasteiger partial charge in [-0.05, 0) is 6.08 Å². The molecule has 0 radical (unpaired) electrons. The van der Waals surface area contributed by atoms with Crippen LogP contribution in [0.1, 0.15) is 0 Å². The van der Waals surface area contributed by atoms with Gasteiger partial charge in [-0.2, -0.15) is 0 Å². The minimum atomic E-state index is 0.253. The zero-order valence-corrected chi connectivity index (χ0v) is 5.78. The van der Waals surface area contributed by atoms with Gasteiger partial charge in [-0.15, -0.1) is 0 Å². The summed E-state index contributed by atoms with van der Waals surface area (Å²) >= 11 is 10.5. The van der Waals surface area contributed by atoms with Crippen LogP contribution in [0.5, 0.6) is 0 Å². The number of halogens is 2. The minimum Gasteiger partial charge on any atom is -0.0991 e. The molecule has 44 valence electrons. The molecule has 0 nitrogen and oxygen atoms in total. The Balaban J connectivity index is 3.57. The Hall–Kier alpha value is -0.200. The maximum absolute atomic E-state index is 5.25. The van der Waals surface area contributed by atoms with Crippen LogP contribution in [0.15, 0.2) is 35.4 Å². The van der Waals surface area contributed by atoms with Crippen molar-refractivity contribution in [3.05, 3.63) is 35.4 Å². The van der Waals surface area contributed by atoms with Gasteiger partial charge in [-0.3, -0.25) is 0 Å². The predicted molar refractivity (Wildman–Crippen MR) is 39.1 cm³/mol. The van der Waals surface area contributed by atoms with Gasteiger partial charge >= 0.3 is 0 Å². The van der Waals surface area contributed by atoms with E-state index in [4.69, 9.17) is 23.2 Å². The molecule has 8 heavy (non-hydrogen) atoms. The summed E-state index contributed by atoms with van der Waals surface area (Å²) in [5.41, 5.74) is 0. The third-order valence-electron chi connectivity index (χ3n) is 0.469. The molecule has 0 amide bonds. The highest BCUT2D eigenvalue weighted by molar-refractivity contribution is 6.55. The first-order valence-electron chi connectivity index (χ1n) is 2.07. The van der Waals surface area contributed by atoms with Gasteiger partial charge in [0.2, 0.25) is 0 Å². The Kier molecular flexibility index (Phi) is 4.82. The summed E-state index contributed by atoms with van der Waals surface area (Å²) in [6.07, 6.45) is 6.67. The van der Waals surface area contributed by atoms with Gasteiger partial charge in [-0.1, -0.05) is 48.0 Å². The van der Waals surface area contributed by atoms with Gasteiger partial charge in [0.15, 0.2) is 0 Å². The molecule has 0 bridgehead atoms. The molecule has 0 aromatic heterocycles. The van der Waals surface area contributed by atoms with Crippen molar-refractivity contribution < 1.29 is 0 Å². The summed E-state index contributed by atoms with van der Waals surface area (Å²) in [7, 11) is 0. The summed E-state index contributed by atoms with van der Waals surface area (Å²) < 4.78 is 0.253. The van der Waals surface area contributed by atoms with E-state index in [2.05, 4.69) is 6.58 Å². The number of rotatable bonds is 2. The van der Waals surface area contributed by atoms with E-state index in [0.29, 0.717) is 0 Å². The van der Waals surface area contributed by atoms with Crippen molar-refractivity contribution in [1.29, 1.82) is 0 Å². The number of hydrogen-bond acceptors (Lipinski definition) is 0. The van der Waals surface area contributed by atoms with Crippen LogP contribution in [0, 0.1) is 0 Å². The molecule has 0 saturated carbocycles. The Morgan fingerprint density at radius 1 is 1.25 bits per heavy atom. The van der Waals surface area contributed by atoms with Crippen LogP contribution < -0.4 is 0 Å². The molecule has 0 atom stereocenters. The van der Waals surface area contributed by atoms with Crippen LogP contribution in [0.2, 0.25) is 0 Å². The summed E-state index contributed by atoms with van der Waals surface area (Å²) in [6, 6.07) is 0. The fraction of sp³-hybridized carbons (Fsp3) is 0. The molecule has 0 fully saturated rings. The van der Waals surface area contributed by atoms with E-state index in [1.807, 2.05) is 0 Å². The molecule has 0 aliphatic rings. The summed E-state index contributed by atoms with van der Waals surface area (Å²) in [5.74, 6) is 0. The topological polar surface area (TPSA) is 0 Å². The van der Waals surface area contributed by atoms with Gasteiger partial charge < -0.3 is 0 Å². The Labute approximate surface area is 59.1 Å². The quantitative estimate of drug-likeness (QED) is 0.529. The van der Waals surface area contributed by atoms with Gasteiger partial charge in [0.1, 0.15) is 4.49 Å². The van der Waals surface area contributed by atoms with Crippen LogP contribution in [0.3, 0.4) is 0 Å². The Morgan fingerprint density at radius 3 is 2.25 bits per heavy atom. The van der Waals surface area contributed by atoms with E-state index in [9.17, 15) is 0 Å². The predicted octanol–water partition coefficient (Wildman–Crippen LogP) is 3.05. The molecule has 0 aromatic rings. The second-order valence-corrected chi connectivity index (χ2v) is 2.08. The molecule has 0 unspecified atom stereocenters. The first kappa shape index (κ1) is 7.80. The molecular weight excluding hydrogens is 143 g/mol. The summed E-state index contributed by atoms with van der Waals surface area (Å²) in [4.78, 5) is 0. The first-order chi connectivity index (χ1) is 3.77. The monoisotopic (exact) mass is 148 g/mol. The van der Waals surface area contributed by atoms with Crippen LogP contribution in [0.4, 0.5) is 0 Å². The molecule has 0 aliphatic heterocycles. The second-order valence-electron chi connectivity index (χ2n) is 1.08. The van der Waals surface area contributed by atoms with E-state index < -0.39 is 0 Å². The van der Waals surface area contributed by atoms with Crippen LogP contribution >= 0.6 is 23.2 Å². The fourth-order valence-electron chi connectivity index (χ4n) is 0.207. The van der Waals surface area contributed by atoms with Crippen LogP contribution in [-0.2, 0) is 0 Å². The van der Waals surface area contributed by atoms with Crippen LogP contribution in [0.25, 0.3) is 0 Å². The average Bonchev–Trinajstić information content (AvgIpc) is 1.66. The van der Waals surface area contributed by atoms with E-state index in [1.54, 1.807) is 24.3 Å². The zero-order chi connectivity index (χ0) is 6.41. The normalized spacial score (nSPS) is 9.25. The first-order valence-corrected chi connectivity index (χ1v) is 2.83. The lowest BCUT2D eigenvalue weighted by Crippen LogP contribution is -1.48. The molecule has 0 N–H and O–H groups in total. The smallest absolute Gasteiger partial charge is 0.0991 e. The Morgan fingerprint density at radius 2 is 1.88 bits per heavy atom. The molecule has 0 spiro atoms. The molecule has 0 aromatic carbocycles. The maximum Gasteiger partial charge on any atom is 0.106 e. The van der Waals surface area contributed by atoms with Crippen molar-refractivity contribution in [2.75, 3.05) is 0 Å². The van der Waals surface area contributed by atoms with Crippen molar-refractivity contribution in [2.45, 2.75) is 0 Å². The fourth-order valence-corrected chi connectivity index (χ4v) is 0.352. The molecule has 0 saturated heterocycles. The SMILES string of the molecule is C=CC=CC=C(Cl)Cl. The molecular formula is C6H6Cl2. The highest BCUT2D eigenvalue weighted by Crippen LogP contribution is 2.05. The lowest BCUT2D eigenvalue weighted by molar-refractivity contribution is 1.95. The second kappa shape index (κ2) is 4.95. The average molecular weight is 149 g/mol. The maximum atomic E-state index is 5.25. The highest BCUT2D eigenvalue weighted by atomic mass is 35.5. The lowest BCUT2D eigenvalue weighted by Gasteiger charge is -1.72.